The lowest BCUT2D eigenvalue weighted by Gasteiger charge is -2.39. The number of nitrogens with zero attached hydrogens (tertiary/aromatic N) is 6. The molecule has 8 rings (SSSR count). The first-order chi connectivity index (χ1) is 29.4. The van der Waals surface area contributed by atoms with E-state index in [1.807, 2.05) is 34.1 Å². The Kier molecular flexibility index (Phi) is 12.8. The van der Waals surface area contributed by atoms with Gasteiger partial charge in [-0.2, -0.15) is 5.10 Å². The summed E-state index contributed by atoms with van der Waals surface area (Å²) in [6.07, 6.45) is 10.8. The highest BCUT2D eigenvalue weighted by molar-refractivity contribution is 6.36. The van der Waals surface area contributed by atoms with Crippen molar-refractivity contribution in [1.82, 2.24) is 34.8 Å². The Bertz CT molecular complexity index is 2310. The summed E-state index contributed by atoms with van der Waals surface area (Å²) in [5.41, 5.74) is 10.5. The Balaban J connectivity index is 0.717. The van der Waals surface area contributed by atoms with Gasteiger partial charge in [0.2, 0.25) is 17.7 Å². The molecule has 1 unspecified atom stereocenters. The van der Waals surface area contributed by atoms with E-state index in [0.717, 1.165) is 74.1 Å². The fourth-order valence-electron chi connectivity index (χ4n) is 8.82. The first-order valence-electron chi connectivity index (χ1n) is 21.0. The molecule has 0 radical (unpaired) electrons. The number of ether oxygens (including phenoxy) is 1. The fourth-order valence-corrected chi connectivity index (χ4v) is 9.50. The average Bonchev–Trinajstić information content (AvgIpc) is 3.85. The molecule has 3 fully saturated rings. The van der Waals surface area contributed by atoms with E-state index in [1.165, 1.54) is 12.1 Å². The van der Waals surface area contributed by atoms with Crippen LogP contribution in [0.25, 0.3) is 11.1 Å². The Hall–Kier alpha value is -5.25. The molecular formula is C44H50Cl2FN9O5. The highest BCUT2D eigenvalue weighted by atomic mass is 35.5. The lowest BCUT2D eigenvalue weighted by atomic mass is 9.98. The van der Waals surface area contributed by atoms with Gasteiger partial charge in [-0.25, -0.2) is 9.37 Å². The normalized spacial score (nSPS) is 19.1. The number of fused-ring (bicyclic) bond motifs is 1. The lowest BCUT2D eigenvalue weighted by Crippen LogP contribution is -2.52. The number of rotatable bonds is 15. The largest absolute Gasteiger partial charge is 0.482 e. The predicted molar refractivity (Wildman–Crippen MR) is 230 cm³/mol. The predicted octanol–water partition coefficient (Wildman–Crippen LogP) is 6.64. The molecular weight excluding hydrogens is 824 g/mol. The Labute approximate surface area is 363 Å². The Morgan fingerprint density at radius 2 is 1.85 bits per heavy atom. The van der Waals surface area contributed by atoms with Gasteiger partial charge in [-0.1, -0.05) is 35.7 Å². The van der Waals surface area contributed by atoms with Gasteiger partial charge in [0.25, 0.3) is 5.91 Å². The van der Waals surface area contributed by atoms with Gasteiger partial charge in [0.05, 0.1) is 17.3 Å². The van der Waals surface area contributed by atoms with Gasteiger partial charge in [0, 0.05) is 109 Å². The van der Waals surface area contributed by atoms with Crippen molar-refractivity contribution in [3.05, 3.63) is 87.5 Å². The lowest BCUT2D eigenvalue weighted by molar-refractivity contribution is -0.138. The van der Waals surface area contributed by atoms with Gasteiger partial charge < -0.3 is 30.5 Å². The van der Waals surface area contributed by atoms with E-state index < -0.39 is 23.9 Å². The number of piperidine rings is 2. The molecule has 6 heterocycles. The van der Waals surface area contributed by atoms with E-state index in [4.69, 9.17) is 33.7 Å². The van der Waals surface area contributed by atoms with Crippen LogP contribution in [0.3, 0.4) is 0 Å². The topological polar surface area (TPSA) is 168 Å². The third-order valence-electron chi connectivity index (χ3n) is 12.4. The minimum absolute atomic E-state index is 0.0930. The number of amides is 4. The van der Waals surface area contributed by atoms with Crippen molar-refractivity contribution in [2.45, 2.75) is 83.0 Å². The third kappa shape index (κ3) is 9.33. The minimum Gasteiger partial charge on any atom is -0.482 e. The first-order valence-corrected chi connectivity index (χ1v) is 21.8. The number of halogens is 3. The van der Waals surface area contributed by atoms with Gasteiger partial charge in [-0.15, -0.1) is 0 Å². The van der Waals surface area contributed by atoms with Crippen molar-refractivity contribution in [2.75, 3.05) is 50.3 Å². The molecule has 4 aromatic rings. The van der Waals surface area contributed by atoms with Crippen LogP contribution in [0.2, 0.25) is 10.0 Å². The van der Waals surface area contributed by atoms with Crippen molar-refractivity contribution in [1.29, 1.82) is 0 Å². The number of carbonyl (C=O) groups excluding carboxylic acids is 4. The van der Waals surface area contributed by atoms with Crippen molar-refractivity contribution >= 4 is 58.3 Å². The number of nitrogens with two attached hydrogens (primary N) is 1. The molecule has 3 saturated heterocycles. The molecule has 4 aliphatic rings. The molecule has 0 saturated carbocycles. The average molecular weight is 875 g/mol. The second-order valence-corrected chi connectivity index (χ2v) is 17.3. The van der Waals surface area contributed by atoms with Crippen LogP contribution in [0.4, 0.5) is 15.9 Å². The number of pyridine rings is 1. The number of hydrogen-bond donors (Lipinski definition) is 3. The maximum Gasteiger partial charge on any atom is 0.255 e. The van der Waals surface area contributed by atoms with Crippen molar-refractivity contribution in [3.8, 4) is 16.9 Å². The highest BCUT2D eigenvalue weighted by Gasteiger charge is 2.40. The number of aromatic nitrogens is 3. The highest BCUT2D eigenvalue weighted by Crippen LogP contribution is 2.38. The molecule has 61 heavy (non-hydrogen) atoms. The number of unbranched alkanes of at least 4 members (excludes halogenated alkanes) is 2. The minimum atomic E-state index is -0.677. The van der Waals surface area contributed by atoms with E-state index in [-0.39, 0.29) is 41.0 Å². The summed E-state index contributed by atoms with van der Waals surface area (Å²) in [5, 5.41) is 10.7. The summed E-state index contributed by atoms with van der Waals surface area (Å²) >= 11 is 12.5. The molecule has 14 nitrogen and oxygen atoms in total. The standard InChI is InChI=1S/C44H50Cl2FN9O5/c1-26(40-33(45)9-10-34(47)41(40)46)61-37-18-28(20-50-42(37)48)29-21-51-56(24-29)30-13-16-53(17-14-30)15-4-2-3-8-39(58)54-22-27(23-54)19-49-35-7-5-6-31-32(35)25-55(44(31)60)36-11-12-38(57)52-43(36)59/h5-7,9-10,18,20-21,24,26-27,30,36,49H,2-4,8,11-17,19,22-23,25H2,1H3,(H2,48,50)(H,52,57,59)/t26-,36?/m1/s1. The van der Waals surface area contributed by atoms with E-state index >= 15 is 0 Å². The van der Waals surface area contributed by atoms with Crippen LogP contribution in [0, 0.1) is 11.7 Å². The van der Waals surface area contributed by atoms with Gasteiger partial charge >= 0.3 is 0 Å². The van der Waals surface area contributed by atoms with E-state index in [0.29, 0.717) is 66.8 Å². The number of hydrogen-bond acceptors (Lipinski definition) is 10. The maximum absolute atomic E-state index is 14.2. The number of nitrogens with one attached hydrogen (secondary N) is 2. The van der Waals surface area contributed by atoms with Crippen LogP contribution in [-0.2, 0) is 20.9 Å². The molecule has 2 aromatic carbocycles. The van der Waals surface area contributed by atoms with Crippen LogP contribution < -0.4 is 21.1 Å². The summed E-state index contributed by atoms with van der Waals surface area (Å²) in [5.74, 6) is -0.439. The van der Waals surface area contributed by atoms with Gasteiger partial charge in [-0.05, 0) is 75.9 Å². The Morgan fingerprint density at radius 3 is 2.64 bits per heavy atom. The van der Waals surface area contributed by atoms with Crippen LogP contribution in [0.5, 0.6) is 5.75 Å². The van der Waals surface area contributed by atoms with Crippen LogP contribution in [-0.4, -0.2) is 98.4 Å². The number of anilines is 2. The molecule has 0 aliphatic carbocycles. The smallest absolute Gasteiger partial charge is 0.255 e. The zero-order valence-electron chi connectivity index (χ0n) is 34.0. The van der Waals surface area contributed by atoms with Crippen molar-refractivity contribution in [2.24, 2.45) is 5.92 Å². The SMILES string of the molecule is C[C@@H](Oc1cc(-c2cnn(C3CCN(CCCCCC(=O)N4CC(CNc5cccc6c5CN(C5CCC(=O)NC5=O)C6=O)C4)CC3)c2)cnc1N)c1c(Cl)ccc(F)c1Cl. The van der Waals surface area contributed by atoms with Gasteiger partial charge in [-0.3, -0.25) is 29.2 Å². The van der Waals surface area contributed by atoms with Crippen LogP contribution in [0.15, 0.2) is 55.0 Å². The summed E-state index contributed by atoms with van der Waals surface area (Å²) in [7, 11) is 0. The summed E-state index contributed by atoms with van der Waals surface area (Å²) in [4.78, 5) is 60.4. The molecule has 4 aliphatic heterocycles. The second-order valence-electron chi connectivity index (χ2n) is 16.5. The van der Waals surface area contributed by atoms with Crippen molar-refractivity contribution < 1.29 is 28.3 Å². The molecule has 4 amide bonds. The van der Waals surface area contributed by atoms with E-state index in [9.17, 15) is 23.6 Å². The quantitative estimate of drug-likeness (QED) is 0.0669. The van der Waals surface area contributed by atoms with E-state index in [1.54, 1.807) is 30.2 Å². The summed E-state index contributed by atoms with van der Waals surface area (Å²) in [6.45, 7) is 7.12. The number of imide groups is 1. The van der Waals surface area contributed by atoms with Gasteiger partial charge in [0.1, 0.15) is 18.0 Å². The number of benzene rings is 2. The summed E-state index contributed by atoms with van der Waals surface area (Å²) < 4.78 is 22.3. The summed E-state index contributed by atoms with van der Waals surface area (Å²) in [6, 6.07) is 9.65. The zero-order chi connectivity index (χ0) is 42.8. The van der Waals surface area contributed by atoms with Crippen LogP contribution in [0.1, 0.15) is 91.9 Å². The molecule has 17 heteroatoms. The molecule has 322 valence electrons. The maximum atomic E-state index is 14.2. The first kappa shape index (κ1) is 42.4. The molecule has 2 atom stereocenters. The Morgan fingerprint density at radius 1 is 1.05 bits per heavy atom. The number of nitrogen functional groups attached to an aromatic ring is 1. The molecule has 0 bridgehead atoms. The van der Waals surface area contributed by atoms with Crippen LogP contribution >= 0.6 is 23.2 Å². The molecule has 0 spiro atoms. The second kappa shape index (κ2) is 18.4. The fraction of sp³-hybridized carbons (Fsp3) is 0.455. The monoisotopic (exact) mass is 873 g/mol. The van der Waals surface area contributed by atoms with Gasteiger partial charge in [0.15, 0.2) is 11.6 Å². The third-order valence-corrected chi connectivity index (χ3v) is 13.1. The number of likely N-dealkylation sites (tertiary alicyclic amines) is 2. The molecule has 2 aromatic heterocycles. The van der Waals surface area contributed by atoms with E-state index in [2.05, 4.69) is 25.6 Å². The molecule has 4 N–H and O–H groups in total. The van der Waals surface area contributed by atoms with Crippen molar-refractivity contribution in [3.63, 3.8) is 0 Å². The zero-order valence-corrected chi connectivity index (χ0v) is 35.6. The number of carbonyl (C=O) groups is 4.